The van der Waals surface area contributed by atoms with Gasteiger partial charge < -0.3 is 33.5 Å². The molecular weight excluding hydrogens is 536 g/mol. The van der Waals surface area contributed by atoms with Crippen molar-refractivity contribution in [1.29, 1.82) is 0 Å². The van der Waals surface area contributed by atoms with Gasteiger partial charge in [0.1, 0.15) is 18.5 Å². The highest BCUT2D eigenvalue weighted by Crippen LogP contribution is 2.37. The second-order valence-electron chi connectivity index (χ2n) is 10.8. The lowest BCUT2D eigenvalue weighted by molar-refractivity contribution is -0.354. The van der Waals surface area contributed by atoms with E-state index in [2.05, 4.69) is 0 Å². The summed E-state index contributed by atoms with van der Waals surface area (Å²) in [6, 6.07) is 7.93. The zero-order valence-corrected chi connectivity index (χ0v) is 24.3. The van der Waals surface area contributed by atoms with Crippen LogP contribution in [0.15, 0.2) is 24.3 Å². The fraction of sp³-hybridized carbons (Fsp3) is 0.667. The van der Waals surface area contributed by atoms with Gasteiger partial charge in [0.2, 0.25) is 5.79 Å². The van der Waals surface area contributed by atoms with Crippen molar-refractivity contribution in [3.63, 3.8) is 0 Å². The van der Waals surface area contributed by atoms with Gasteiger partial charge in [-0.15, -0.1) is 0 Å². The Balaban J connectivity index is 1.68. The summed E-state index contributed by atoms with van der Waals surface area (Å²) < 4.78 is 33.1. The molecule has 1 N–H and O–H groups in total. The molecule has 2 fully saturated rings. The van der Waals surface area contributed by atoms with Gasteiger partial charge in [-0.3, -0.25) is 19.2 Å². The average Bonchev–Trinajstić information content (AvgIpc) is 3.42. The van der Waals surface area contributed by atoms with Crippen LogP contribution in [0.2, 0.25) is 0 Å². The van der Waals surface area contributed by atoms with Crippen LogP contribution in [0.1, 0.15) is 78.2 Å². The molecule has 1 aliphatic heterocycles. The SMILES string of the molecule is CC(=O)OC[C@H]1O[C@](O)(CCCCc2ccc(OCC3CCCC3)cc2)[C@H](OC(C)=O)[C@@H](OC(C)=O)[C@@H]1OC(C)=O. The molecule has 1 heterocycles. The van der Waals surface area contributed by atoms with Crippen LogP contribution in [-0.2, 0) is 49.3 Å². The Kier molecular flexibility index (Phi) is 12.0. The molecule has 1 saturated heterocycles. The van der Waals surface area contributed by atoms with E-state index in [1.165, 1.54) is 32.6 Å². The van der Waals surface area contributed by atoms with Crippen LogP contribution >= 0.6 is 0 Å². The predicted molar refractivity (Wildman–Crippen MR) is 145 cm³/mol. The van der Waals surface area contributed by atoms with Crippen LogP contribution in [-0.4, -0.2) is 72.4 Å². The molecule has 0 spiro atoms. The van der Waals surface area contributed by atoms with Crippen molar-refractivity contribution in [3.8, 4) is 5.75 Å². The van der Waals surface area contributed by atoms with Gasteiger partial charge >= 0.3 is 23.9 Å². The van der Waals surface area contributed by atoms with Crippen molar-refractivity contribution in [2.24, 2.45) is 5.92 Å². The Labute approximate surface area is 240 Å². The van der Waals surface area contributed by atoms with Crippen LogP contribution in [0, 0.1) is 5.92 Å². The molecule has 2 aliphatic rings. The number of carbonyl (C=O) groups excluding carboxylic acids is 4. The molecule has 1 saturated carbocycles. The van der Waals surface area contributed by atoms with E-state index in [0.29, 0.717) is 25.2 Å². The average molecular weight is 579 g/mol. The summed E-state index contributed by atoms with van der Waals surface area (Å²) in [6.45, 7) is 4.95. The van der Waals surface area contributed by atoms with E-state index in [9.17, 15) is 24.3 Å². The van der Waals surface area contributed by atoms with Crippen LogP contribution < -0.4 is 4.74 Å². The monoisotopic (exact) mass is 578 g/mol. The third-order valence-electron chi connectivity index (χ3n) is 7.27. The molecule has 11 nitrogen and oxygen atoms in total. The van der Waals surface area contributed by atoms with E-state index in [0.717, 1.165) is 38.7 Å². The smallest absolute Gasteiger partial charge is 0.303 e. The summed E-state index contributed by atoms with van der Waals surface area (Å²) in [5, 5.41) is 11.6. The highest BCUT2D eigenvalue weighted by atomic mass is 16.7. The minimum absolute atomic E-state index is 0.00530. The molecule has 228 valence electrons. The first-order chi connectivity index (χ1) is 19.5. The van der Waals surface area contributed by atoms with Crippen molar-refractivity contribution >= 4 is 23.9 Å². The Hall–Kier alpha value is -3.18. The summed E-state index contributed by atoms with van der Waals surface area (Å²) in [5.41, 5.74) is 1.09. The van der Waals surface area contributed by atoms with Gasteiger partial charge in [-0.05, 0) is 55.7 Å². The number of rotatable bonds is 13. The van der Waals surface area contributed by atoms with E-state index in [1.54, 1.807) is 0 Å². The lowest BCUT2D eigenvalue weighted by Crippen LogP contribution is -2.68. The second-order valence-corrected chi connectivity index (χ2v) is 10.8. The molecule has 1 aromatic rings. The van der Waals surface area contributed by atoms with Crippen molar-refractivity contribution in [1.82, 2.24) is 0 Å². The number of carbonyl (C=O) groups is 4. The molecule has 0 amide bonds. The highest BCUT2D eigenvalue weighted by molar-refractivity contribution is 5.68. The van der Waals surface area contributed by atoms with Gasteiger partial charge in [0.15, 0.2) is 18.3 Å². The Morgan fingerprint density at radius 2 is 1.44 bits per heavy atom. The minimum atomic E-state index is -2.12. The van der Waals surface area contributed by atoms with Crippen molar-refractivity contribution in [2.45, 2.75) is 109 Å². The van der Waals surface area contributed by atoms with E-state index >= 15 is 0 Å². The van der Waals surface area contributed by atoms with Crippen LogP contribution in [0.25, 0.3) is 0 Å². The van der Waals surface area contributed by atoms with Crippen molar-refractivity contribution in [3.05, 3.63) is 29.8 Å². The summed E-state index contributed by atoms with van der Waals surface area (Å²) >= 11 is 0. The summed E-state index contributed by atoms with van der Waals surface area (Å²) in [5.74, 6) is -3.51. The van der Waals surface area contributed by atoms with Crippen LogP contribution in [0.4, 0.5) is 0 Å². The van der Waals surface area contributed by atoms with Gasteiger partial charge in [0.25, 0.3) is 0 Å². The highest BCUT2D eigenvalue weighted by Gasteiger charge is 2.59. The normalized spacial score (nSPS) is 26.2. The summed E-state index contributed by atoms with van der Waals surface area (Å²) in [4.78, 5) is 47.4. The molecule has 3 rings (SSSR count). The first-order valence-electron chi connectivity index (χ1n) is 14.2. The minimum Gasteiger partial charge on any atom is -0.493 e. The van der Waals surface area contributed by atoms with Crippen LogP contribution in [0.5, 0.6) is 5.75 Å². The Morgan fingerprint density at radius 1 is 0.829 bits per heavy atom. The molecule has 0 unspecified atom stereocenters. The van der Waals surface area contributed by atoms with Gasteiger partial charge in [0, 0.05) is 34.1 Å². The first-order valence-corrected chi connectivity index (χ1v) is 14.2. The molecule has 1 aromatic carbocycles. The van der Waals surface area contributed by atoms with E-state index < -0.39 is 60.7 Å². The maximum absolute atomic E-state index is 12.0. The van der Waals surface area contributed by atoms with Crippen molar-refractivity contribution < 1.29 is 52.7 Å². The largest absolute Gasteiger partial charge is 0.493 e. The third-order valence-corrected chi connectivity index (χ3v) is 7.27. The number of ether oxygens (including phenoxy) is 6. The van der Waals surface area contributed by atoms with Gasteiger partial charge in [0.05, 0.1) is 6.61 Å². The molecule has 0 bridgehead atoms. The number of hydrogen-bond acceptors (Lipinski definition) is 11. The number of benzene rings is 1. The van der Waals surface area contributed by atoms with E-state index in [4.69, 9.17) is 28.4 Å². The molecule has 0 aromatic heterocycles. The molecular formula is C30H42O11. The maximum Gasteiger partial charge on any atom is 0.303 e. The summed E-state index contributed by atoms with van der Waals surface area (Å²) in [6.07, 6.45) is 1.39. The molecule has 0 radical (unpaired) electrons. The van der Waals surface area contributed by atoms with Gasteiger partial charge in [-0.25, -0.2) is 0 Å². The standard InChI is InChI=1S/C30H42O11/c1-19(31)36-18-26-27(38-20(2)32)28(39-21(3)33)29(40-22(4)34)30(35,41-26)16-8-7-9-23-12-14-25(15-13-23)37-17-24-10-5-6-11-24/h12-15,24,26-29,35H,5-11,16-18H2,1-4H3/t26-,27-,28+,29-,30-/m1/s1. The number of esters is 4. The Bertz CT molecular complexity index is 1030. The molecule has 11 heteroatoms. The number of aliphatic hydroxyl groups is 1. The van der Waals surface area contributed by atoms with Crippen LogP contribution in [0.3, 0.4) is 0 Å². The van der Waals surface area contributed by atoms with E-state index in [1.807, 2.05) is 24.3 Å². The third kappa shape index (κ3) is 10.00. The lowest BCUT2D eigenvalue weighted by atomic mass is 9.88. The maximum atomic E-state index is 12.0. The second kappa shape index (κ2) is 15.2. The zero-order valence-electron chi connectivity index (χ0n) is 24.3. The number of unbranched alkanes of at least 4 members (excludes halogenated alkanes) is 1. The fourth-order valence-electron chi connectivity index (χ4n) is 5.41. The van der Waals surface area contributed by atoms with Gasteiger partial charge in [-0.1, -0.05) is 25.0 Å². The van der Waals surface area contributed by atoms with E-state index in [-0.39, 0.29) is 6.42 Å². The molecule has 1 aliphatic carbocycles. The number of aryl methyl sites for hydroxylation is 1. The predicted octanol–water partition coefficient (Wildman–Crippen LogP) is 3.41. The molecule has 41 heavy (non-hydrogen) atoms. The topological polar surface area (TPSA) is 144 Å². The van der Waals surface area contributed by atoms with Crippen molar-refractivity contribution in [2.75, 3.05) is 13.2 Å². The lowest BCUT2D eigenvalue weighted by Gasteiger charge is -2.48. The first kappa shape index (κ1) is 32.3. The zero-order chi connectivity index (χ0) is 30.0. The fourth-order valence-corrected chi connectivity index (χ4v) is 5.41. The van der Waals surface area contributed by atoms with Gasteiger partial charge in [-0.2, -0.15) is 0 Å². The summed E-state index contributed by atoms with van der Waals surface area (Å²) in [7, 11) is 0. The molecule has 5 atom stereocenters. The quantitative estimate of drug-likeness (QED) is 0.209. The number of hydrogen-bond donors (Lipinski definition) is 1. The Morgan fingerprint density at radius 3 is 2.02 bits per heavy atom.